The Kier molecular flexibility index (Phi) is 6.82. The Morgan fingerprint density at radius 3 is 1.88 bits per heavy atom. The van der Waals surface area contributed by atoms with Gasteiger partial charge in [-0.1, -0.05) is 0 Å². The maximum absolute atomic E-state index is 10.7. The Morgan fingerprint density at radius 2 is 1.62 bits per heavy atom. The number of carboxylic acid groups (broad SMARTS) is 1. The Hall–Kier alpha value is -1.02. The summed E-state index contributed by atoms with van der Waals surface area (Å²) >= 11 is 0. The van der Waals surface area contributed by atoms with E-state index in [0.29, 0.717) is 6.29 Å². The highest BCUT2D eigenvalue weighted by Gasteiger charge is 2.38. The van der Waals surface area contributed by atoms with Gasteiger partial charge in [-0.3, -0.25) is 0 Å². The summed E-state index contributed by atoms with van der Waals surface area (Å²) in [5, 5.41) is 18.0. The fraction of sp³-hybridized carbons (Fsp3) is 0.778. The number of carbonyl (C=O) groups is 2. The first-order valence-corrected chi connectivity index (χ1v) is 4.48. The minimum atomic E-state index is -1.80. The fourth-order valence-electron chi connectivity index (χ4n) is 1.31. The van der Waals surface area contributed by atoms with Crippen LogP contribution in [-0.2, 0) is 23.8 Å². The molecular weight excluding hydrogens is 220 g/mol. The van der Waals surface area contributed by atoms with E-state index in [4.69, 9.17) is 19.3 Å². The molecule has 0 aromatic carbocycles. The molecule has 0 saturated carbocycles. The summed E-state index contributed by atoms with van der Waals surface area (Å²) in [5.74, 6) is -1.46. The quantitative estimate of drug-likeness (QED) is 0.503. The number of methoxy groups -OCH3 is 3. The Labute approximate surface area is 92.9 Å². The van der Waals surface area contributed by atoms with Crippen molar-refractivity contribution in [3.8, 4) is 0 Å². The van der Waals surface area contributed by atoms with Crippen LogP contribution >= 0.6 is 0 Å². The molecule has 0 heterocycles. The maximum atomic E-state index is 10.7. The molecule has 0 aromatic heterocycles. The summed E-state index contributed by atoms with van der Waals surface area (Å²) in [6.07, 6.45) is -4.55. The van der Waals surface area contributed by atoms with Crippen LogP contribution in [0.5, 0.6) is 0 Å². The van der Waals surface area contributed by atoms with Crippen molar-refractivity contribution in [3.63, 3.8) is 0 Å². The van der Waals surface area contributed by atoms with Crippen molar-refractivity contribution in [1.82, 2.24) is 0 Å². The van der Waals surface area contributed by atoms with Crippen LogP contribution in [0.4, 0.5) is 0 Å². The van der Waals surface area contributed by atoms with E-state index in [1.165, 1.54) is 21.3 Å². The molecule has 0 aromatic rings. The lowest BCUT2D eigenvalue weighted by atomic mass is 10.0. The zero-order valence-corrected chi connectivity index (χ0v) is 9.32. The molecule has 0 aliphatic heterocycles. The van der Waals surface area contributed by atoms with E-state index in [1.54, 1.807) is 0 Å². The van der Waals surface area contributed by atoms with Gasteiger partial charge in [-0.15, -0.1) is 0 Å². The molecule has 7 nitrogen and oxygen atoms in total. The number of carbonyl (C=O) groups excluding carboxylic acids is 1. The van der Waals surface area contributed by atoms with Crippen LogP contribution in [0.25, 0.3) is 0 Å². The molecule has 0 radical (unpaired) electrons. The SMILES string of the molecule is CO[C@@H]([C@H](OC)[C@H](O)C(=O)O)[C@H](C=O)OC. The second kappa shape index (κ2) is 7.29. The summed E-state index contributed by atoms with van der Waals surface area (Å²) < 4.78 is 14.5. The lowest BCUT2D eigenvalue weighted by Gasteiger charge is -2.29. The number of aldehydes is 1. The standard InChI is InChI=1S/C9H16O7/c1-14-5(4-10)7(15-2)8(16-3)6(11)9(12)13/h4-8,11H,1-3H3,(H,12,13)/t5-,6-,7+,8+/m0/s1. The van der Waals surface area contributed by atoms with E-state index in [0.717, 1.165) is 0 Å². The molecule has 0 aliphatic rings. The van der Waals surface area contributed by atoms with Crippen LogP contribution in [0, 0.1) is 0 Å². The third-order valence-corrected chi connectivity index (χ3v) is 2.16. The summed E-state index contributed by atoms with van der Waals surface area (Å²) in [6.45, 7) is 0. The van der Waals surface area contributed by atoms with Gasteiger partial charge in [-0.2, -0.15) is 0 Å². The number of hydrogen-bond acceptors (Lipinski definition) is 6. The van der Waals surface area contributed by atoms with Crippen LogP contribution in [-0.4, -0.2) is 68.2 Å². The molecule has 0 aliphatic carbocycles. The summed E-state index contributed by atoms with van der Waals surface area (Å²) in [7, 11) is 3.74. The van der Waals surface area contributed by atoms with Crippen LogP contribution in [0.2, 0.25) is 0 Å². The number of rotatable bonds is 8. The number of ether oxygens (including phenoxy) is 3. The van der Waals surface area contributed by atoms with E-state index in [1.807, 2.05) is 0 Å². The Morgan fingerprint density at radius 1 is 1.12 bits per heavy atom. The van der Waals surface area contributed by atoms with Crippen molar-refractivity contribution in [2.75, 3.05) is 21.3 Å². The largest absolute Gasteiger partial charge is 0.479 e. The normalized spacial score (nSPS) is 18.5. The van der Waals surface area contributed by atoms with Crippen molar-refractivity contribution in [2.24, 2.45) is 0 Å². The average molecular weight is 236 g/mol. The minimum Gasteiger partial charge on any atom is -0.479 e. The minimum absolute atomic E-state index is 0.453. The molecule has 0 spiro atoms. The predicted octanol–water partition coefficient (Wildman–Crippen LogP) is -1.32. The van der Waals surface area contributed by atoms with Gasteiger partial charge >= 0.3 is 5.97 Å². The monoisotopic (exact) mass is 236 g/mol. The van der Waals surface area contributed by atoms with Gasteiger partial charge in [0, 0.05) is 21.3 Å². The van der Waals surface area contributed by atoms with Crippen LogP contribution in [0.3, 0.4) is 0 Å². The average Bonchev–Trinajstić information content (AvgIpc) is 2.28. The highest BCUT2D eigenvalue weighted by atomic mass is 16.6. The Bertz CT molecular complexity index is 222. The van der Waals surface area contributed by atoms with Gasteiger partial charge < -0.3 is 29.2 Å². The van der Waals surface area contributed by atoms with Crippen LogP contribution in [0.1, 0.15) is 0 Å². The first-order chi connectivity index (χ1) is 7.53. The second-order valence-corrected chi connectivity index (χ2v) is 3.02. The van der Waals surface area contributed by atoms with Gasteiger partial charge in [-0.25, -0.2) is 4.79 Å². The number of aliphatic hydroxyl groups excluding tert-OH is 1. The molecule has 7 heteroatoms. The van der Waals surface area contributed by atoms with Gasteiger partial charge in [0.1, 0.15) is 18.3 Å². The van der Waals surface area contributed by atoms with Crippen molar-refractivity contribution in [1.29, 1.82) is 0 Å². The van der Waals surface area contributed by atoms with E-state index in [2.05, 4.69) is 0 Å². The van der Waals surface area contributed by atoms with Gasteiger partial charge in [-0.05, 0) is 0 Å². The fourth-order valence-corrected chi connectivity index (χ4v) is 1.31. The zero-order valence-electron chi connectivity index (χ0n) is 9.32. The number of aliphatic hydroxyl groups is 1. The smallest absolute Gasteiger partial charge is 0.335 e. The lowest BCUT2D eigenvalue weighted by molar-refractivity contribution is -0.173. The van der Waals surface area contributed by atoms with Crippen molar-refractivity contribution in [3.05, 3.63) is 0 Å². The van der Waals surface area contributed by atoms with E-state index in [-0.39, 0.29) is 0 Å². The molecule has 16 heavy (non-hydrogen) atoms. The van der Waals surface area contributed by atoms with Crippen LogP contribution in [0.15, 0.2) is 0 Å². The van der Waals surface area contributed by atoms with Gasteiger partial charge in [0.05, 0.1) is 0 Å². The van der Waals surface area contributed by atoms with Crippen molar-refractivity contribution < 1.29 is 34.0 Å². The van der Waals surface area contributed by atoms with Gasteiger partial charge in [0.15, 0.2) is 12.4 Å². The molecular formula is C9H16O7. The Balaban J connectivity index is 4.86. The summed E-state index contributed by atoms with van der Waals surface area (Å²) in [4.78, 5) is 21.3. The third-order valence-electron chi connectivity index (χ3n) is 2.16. The number of hydrogen-bond donors (Lipinski definition) is 2. The zero-order chi connectivity index (χ0) is 12.7. The molecule has 0 fully saturated rings. The number of carboxylic acids is 1. The molecule has 0 amide bonds. The van der Waals surface area contributed by atoms with Gasteiger partial charge in [0.25, 0.3) is 0 Å². The maximum Gasteiger partial charge on any atom is 0.335 e. The first kappa shape index (κ1) is 15.0. The van der Waals surface area contributed by atoms with Crippen molar-refractivity contribution in [2.45, 2.75) is 24.4 Å². The van der Waals surface area contributed by atoms with Crippen molar-refractivity contribution >= 4 is 12.3 Å². The molecule has 0 unspecified atom stereocenters. The number of aliphatic carboxylic acids is 1. The second-order valence-electron chi connectivity index (χ2n) is 3.02. The molecule has 0 saturated heterocycles. The predicted molar refractivity (Wildman–Crippen MR) is 52.1 cm³/mol. The van der Waals surface area contributed by atoms with Crippen LogP contribution < -0.4 is 0 Å². The highest BCUT2D eigenvalue weighted by molar-refractivity contribution is 5.73. The summed E-state index contributed by atoms with van der Waals surface area (Å²) in [6, 6.07) is 0. The van der Waals surface area contributed by atoms with E-state index in [9.17, 15) is 14.7 Å². The molecule has 94 valence electrons. The molecule has 0 bridgehead atoms. The third kappa shape index (κ3) is 3.53. The highest BCUT2D eigenvalue weighted by Crippen LogP contribution is 2.13. The van der Waals surface area contributed by atoms with Gasteiger partial charge in [0.2, 0.25) is 0 Å². The molecule has 0 rings (SSSR count). The lowest BCUT2D eigenvalue weighted by Crippen LogP contribution is -2.50. The molecule has 2 N–H and O–H groups in total. The molecule has 4 atom stereocenters. The van der Waals surface area contributed by atoms with E-state index >= 15 is 0 Å². The summed E-state index contributed by atoms with van der Waals surface area (Å²) in [5.41, 5.74) is 0. The van der Waals surface area contributed by atoms with E-state index < -0.39 is 30.4 Å². The topological polar surface area (TPSA) is 102 Å². The first-order valence-electron chi connectivity index (χ1n) is 4.48.